The van der Waals surface area contributed by atoms with E-state index in [1.54, 1.807) is 6.26 Å². The number of likely N-dealkylation sites (tertiary alicyclic amines) is 1. The van der Waals surface area contributed by atoms with Crippen molar-refractivity contribution in [2.75, 3.05) is 31.6 Å². The summed E-state index contributed by atoms with van der Waals surface area (Å²) in [7, 11) is -0.670. The van der Waals surface area contributed by atoms with Crippen molar-refractivity contribution in [2.24, 2.45) is 11.7 Å². The van der Waals surface area contributed by atoms with Crippen LogP contribution in [0.5, 0.6) is 0 Å². The van der Waals surface area contributed by atoms with Crippen LogP contribution in [0.1, 0.15) is 13.3 Å². The van der Waals surface area contributed by atoms with Crippen LogP contribution in [0, 0.1) is 5.92 Å². The van der Waals surface area contributed by atoms with E-state index >= 15 is 0 Å². The van der Waals surface area contributed by atoms with Gasteiger partial charge in [-0.3, -0.25) is 4.21 Å². The highest BCUT2D eigenvalue weighted by Crippen LogP contribution is 2.14. The minimum atomic E-state index is -0.670. The highest BCUT2D eigenvalue weighted by atomic mass is 32.2. The molecule has 3 unspecified atom stereocenters. The lowest BCUT2D eigenvalue weighted by atomic mass is 9.94. The Balaban J connectivity index is 2.25. The third-order valence-corrected chi connectivity index (χ3v) is 3.55. The molecule has 0 aliphatic carbocycles. The monoisotopic (exact) mass is 204 g/mol. The predicted octanol–water partition coefficient (Wildman–Crippen LogP) is 0.0340. The van der Waals surface area contributed by atoms with Gasteiger partial charge in [-0.25, -0.2) is 0 Å². The standard InChI is InChI=1S/C9H20N2OS/c1-8-3-4-11(7-9(8)10)5-6-13(2)12/h8-9H,3-7,10H2,1-2H3. The van der Waals surface area contributed by atoms with Gasteiger partial charge in [-0.15, -0.1) is 0 Å². The Labute approximate surface area is 83.1 Å². The van der Waals surface area contributed by atoms with Crippen LogP contribution in [0.15, 0.2) is 0 Å². The van der Waals surface area contributed by atoms with E-state index in [0.29, 0.717) is 12.0 Å². The molecule has 4 heteroatoms. The fourth-order valence-electron chi connectivity index (χ4n) is 1.63. The molecule has 1 heterocycles. The summed E-state index contributed by atoms with van der Waals surface area (Å²) in [6.45, 7) is 5.23. The van der Waals surface area contributed by atoms with E-state index in [1.165, 1.54) is 6.42 Å². The van der Waals surface area contributed by atoms with Crippen LogP contribution in [0.3, 0.4) is 0 Å². The van der Waals surface area contributed by atoms with E-state index in [0.717, 1.165) is 25.4 Å². The zero-order valence-electron chi connectivity index (χ0n) is 8.53. The van der Waals surface area contributed by atoms with E-state index in [1.807, 2.05) is 0 Å². The molecule has 0 saturated carbocycles. The highest BCUT2D eigenvalue weighted by Gasteiger charge is 2.22. The van der Waals surface area contributed by atoms with Crippen LogP contribution < -0.4 is 5.73 Å². The van der Waals surface area contributed by atoms with Gasteiger partial charge in [-0.05, 0) is 18.9 Å². The maximum Gasteiger partial charge on any atom is 0.0359 e. The molecular formula is C9H20N2OS. The fraction of sp³-hybridized carbons (Fsp3) is 1.00. The Morgan fingerprint density at radius 2 is 2.31 bits per heavy atom. The molecule has 1 rings (SSSR count). The van der Waals surface area contributed by atoms with Crippen molar-refractivity contribution in [3.05, 3.63) is 0 Å². The third kappa shape index (κ3) is 3.75. The smallest absolute Gasteiger partial charge is 0.0359 e. The Hall–Kier alpha value is 0.0700. The Morgan fingerprint density at radius 3 is 2.85 bits per heavy atom. The summed E-state index contributed by atoms with van der Waals surface area (Å²) in [5, 5.41) is 0. The third-order valence-electron chi connectivity index (χ3n) is 2.80. The van der Waals surface area contributed by atoms with E-state index in [-0.39, 0.29) is 0 Å². The molecule has 1 aliphatic heterocycles. The summed E-state index contributed by atoms with van der Waals surface area (Å²) in [6.07, 6.45) is 2.93. The van der Waals surface area contributed by atoms with Crippen LogP contribution in [0.4, 0.5) is 0 Å². The van der Waals surface area contributed by atoms with Crippen molar-refractivity contribution in [3.8, 4) is 0 Å². The number of hydrogen-bond donors (Lipinski definition) is 1. The summed E-state index contributed by atoms with van der Waals surface area (Å²) in [6, 6.07) is 0.305. The van der Waals surface area contributed by atoms with Gasteiger partial charge in [0.1, 0.15) is 0 Å². The van der Waals surface area contributed by atoms with Crippen LogP contribution in [0.25, 0.3) is 0 Å². The molecule has 0 aromatic heterocycles. The second-order valence-electron chi connectivity index (χ2n) is 4.01. The van der Waals surface area contributed by atoms with Gasteiger partial charge in [0.15, 0.2) is 0 Å². The lowest BCUT2D eigenvalue weighted by Gasteiger charge is -2.34. The molecule has 3 atom stereocenters. The second-order valence-corrected chi connectivity index (χ2v) is 5.56. The molecule has 0 amide bonds. The average molecular weight is 204 g/mol. The Bertz CT molecular complexity index is 186. The normalized spacial score (nSPS) is 33.2. The molecule has 78 valence electrons. The van der Waals surface area contributed by atoms with Crippen LogP contribution in [0.2, 0.25) is 0 Å². The summed E-state index contributed by atoms with van der Waals surface area (Å²) >= 11 is 0. The minimum absolute atomic E-state index is 0.305. The molecule has 1 aliphatic rings. The zero-order chi connectivity index (χ0) is 9.84. The van der Waals surface area contributed by atoms with Crippen molar-refractivity contribution in [1.29, 1.82) is 0 Å². The maximum absolute atomic E-state index is 10.9. The zero-order valence-corrected chi connectivity index (χ0v) is 9.35. The number of nitrogens with zero attached hydrogens (tertiary/aromatic N) is 1. The van der Waals surface area contributed by atoms with Gasteiger partial charge in [-0.2, -0.15) is 0 Å². The largest absolute Gasteiger partial charge is 0.326 e. The molecule has 0 spiro atoms. The van der Waals surface area contributed by atoms with E-state index in [4.69, 9.17) is 5.73 Å². The first-order valence-corrected chi connectivity index (χ1v) is 6.60. The number of hydrogen-bond acceptors (Lipinski definition) is 3. The Morgan fingerprint density at radius 1 is 1.62 bits per heavy atom. The quantitative estimate of drug-likeness (QED) is 0.706. The van der Waals surface area contributed by atoms with Gasteiger partial charge in [0, 0.05) is 41.9 Å². The predicted molar refractivity (Wildman–Crippen MR) is 57.1 cm³/mol. The van der Waals surface area contributed by atoms with Crippen LogP contribution in [-0.2, 0) is 10.8 Å². The SMILES string of the molecule is CC1CCN(CCS(C)=O)CC1N. The molecular weight excluding hydrogens is 184 g/mol. The first-order chi connectivity index (χ1) is 6.09. The van der Waals surface area contributed by atoms with Crippen molar-refractivity contribution in [1.82, 2.24) is 4.90 Å². The van der Waals surface area contributed by atoms with Gasteiger partial charge in [-0.1, -0.05) is 6.92 Å². The average Bonchev–Trinajstić information content (AvgIpc) is 2.07. The molecule has 3 nitrogen and oxygen atoms in total. The van der Waals surface area contributed by atoms with Gasteiger partial charge in [0.2, 0.25) is 0 Å². The lowest BCUT2D eigenvalue weighted by Crippen LogP contribution is -2.48. The van der Waals surface area contributed by atoms with Crippen molar-refractivity contribution in [2.45, 2.75) is 19.4 Å². The first kappa shape index (κ1) is 11.1. The van der Waals surface area contributed by atoms with E-state index in [2.05, 4.69) is 11.8 Å². The highest BCUT2D eigenvalue weighted by molar-refractivity contribution is 7.84. The molecule has 0 radical (unpaired) electrons. The van der Waals surface area contributed by atoms with Crippen molar-refractivity contribution >= 4 is 10.8 Å². The van der Waals surface area contributed by atoms with Crippen LogP contribution >= 0.6 is 0 Å². The maximum atomic E-state index is 10.9. The second kappa shape index (κ2) is 5.08. The number of piperidine rings is 1. The number of rotatable bonds is 3. The summed E-state index contributed by atoms with van der Waals surface area (Å²) < 4.78 is 10.9. The lowest BCUT2D eigenvalue weighted by molar-refractivity contribution is 0.177. The first-order valence-electron chi connectivity index (χ1n) is 4.87. The molecule has 1 saturated heterocycles. The molecule has 0 bridgehead atoms. The summed E-state index contributed by atoms with van der Waals surface area (Å²) in [4.78, 5) is 2.33. The van der Waals surface area contributed by atoms with Gasteiger partial charge >= 0.3 is 0 Å². The fourth-order valence-corrected chi connectivity index (χ4v) is 2.15. The van der Waals surface area contributed by atoms with Gasteiger partial charge < -0.3 is 10.6 Å². The number of nitrogens with two attached hydrogens (primary N) is 1. The van der Waals surface area contributed by atoms with E-state index < -0.39 is 10.8 Å². The molecule has 0 aromatic rings. The molecule has 0 aromatic carbocycles. The van der Waals surface area contributed by atoms with Gasteiger partial charge in [0.25, 0.3) is 0 Å². The van der Waals surface area contributed by atoms with Crippen LogP contribution in [-0.4, -0.2) is 46.8 Å². The molecule has 2 N–H and O–H groups in total. The van der Waals surface area contributed by atoms with E-state index in [9.17, 15) is 4.21 Å². The van der Waals surface area contributed by atoms with Crippen molar-refractivity contribution < 1.29 is 4.21 Å². The van der Waals surface area contributed by atoms with Crippen molar-refractivity contribution in [3.63, 3.8) is 0 Å². The van der Waals surface area contributed by atoms with Gasteiger partial charge in [0.05, 0.1) is 0 Å². The summed E-state index contributed by atoms with van der Waals surface area (Å²) in [5.74, 6) is 1.42. The molecule has 1 fully saturated rings. The topological polar surface area (TPSA) is 46.3 Å². The summed E-state index contributed by atoms with van der Waals surface area (Å²) in [5.41, 5.74) is 5.96. The molecule has 13 heavy (non-hydrogen) atoms. The minimum Gasteiger partial charge on any atom is -0.326 e. The Kier molecular flexibility index (Phi) is 4.35.